The van der Waals surface area contributed by atoms with E-state index in [1.165, 1.54) is 24.8 Å². The van der Waals surface area contributed by atoms with E-state index in [1.807, 2.05) is 41.3 Å². The van der Waals surface area contributed by atoms with E-state index in [2.05, 4.69) is 24.4 Å². The van der Waals surface area contributed by atoms with Crippen LogP contribution in [0.4, 0.5) is 5.69 Å². The molecule has 1 aliphatic rings. The molecule has 0 unspecified atom stereocenters. The van der Waals surface area contributed by atoms with Crippen molar-refractivity contribution in [3.8, 4) is 0 Å². The third-order valence-electron chi connectivity index (χ3n) is 5.01. The smallest absolute Gasteiger partial charge is 0.255 e. The first kappa shape index (κ1) is 19.2. The molecule has 3 rings (SSSR count). The summed E-state index contributed by atoms with van der Waals surface area (Å²) in [5.74, 6) is 0.0761. The number of carbonyl (C=O) groups is 2. The number of amides is 2. The van der Waals surface area contributed by atoms with Crippen molar-refractivity contribution in [2.45, 2.75) is 52.0 Å². The molecule has 1 N–H and O–H groups in total. The predicted octanol–water partition coefficient (Wildman–Crippen LogP) is 4.79. The van der Waals surface area contributed by atoms with Crippen molar-refractivity contribution in [1.29, 1.82) is 0 Å². The molecule has 2 aromatic carbocycles. The Morgan fingerprint density at radius 2 is 1.89 bits per heavy atom. The molecule has 4 heteroatoms. The number of carbonyl (C=O) groups excluding carboxylic acids is 2. The summed E-state index contributed by atoms with van der Waals surface area (Å²) in [6, 6.07) is 15.6. The normalized spacial score (nSPS) is 13.8. The number of aryl methyl sites for hydroxylation is 1. The monoisotopic (exact) mass is 364 g/mol. The molecule has 0 atom stereocenters. The van der Waals surface area contributed by atoms with Gasteiger partial charge in [-0.05, 0) is 54.7 Å². The minimum Gasteiger partial charge on any atom is -0.338 e. The number of rotatable bonds is 8. The zero-order valence-corrected chi connectivity index (χ0v) is 16.0. The molecule has 0 radical (unpaired) electrons. The zero-order valence-electron chi connectivity index (χ0n) is 16.0. The van der Waals surface area contributed by atoms with Crippen LogP contribution in [0.5, 0.6) is 0 Å². The van der Waals surface area contributed by atoms with Gasteiger partial charge in [0.25, 0.3) is 5.91 Å². The van der Waals surface area contributed by atoms with Gasteiger partial charge in [0.1, 0.15) is 0 Å². The second-order valence-electron chi connectivity index (χ2n) is 7.23. The fraction of sp³-hybridized carbons (Fsp3) is 0.391. The number of unbranched alkanes of at least 4 members (excludes halogenated alkanes) is 2. The van der Waals surface area contributed by atoms with Crippen molar-refractivity contribution < 1.29 is 9.59 Å². The Morgan fingerprint density at radius 3 is 2.59 bits per heavy atom. The molecule has 0 bridgehead atoms. The number of anilines is 1. The Hall–Kier alpha value is -2.62. The van der Waals surface area contributed by atoms with Gasteiger partial charge in [0.15, 0.2) is 0 Å². The predicted molar refractivity (Wildman–Crippen MR) is 109 cm³/mol. The number of likely N-dealkylation sites (tertiary alicyclic amines) is 1. The molecule has 2 amide bonds. The van der Waals surface area contributed by atoms with E-state index in [-0.39, 0.29) is 11.8 Å². The summed E-state index contributed by atoms with van der Waals surface area (Å²) in [7, 11) is 0. The van der Waals surface area contributed by atoms with E-state index in [0.29, 0.717) is 18.5 Å². The topological polar surface area (TPSA) is 49.4 Å². The minimum absolute atomic E-state index is 0.122. The number of nitrogens with zero attached hydrogens (tertiary/aromatic N) is 1. The lowest BCUT2D eigenvalue weighted by atomic mass is 10.1. The van der Waals surface area contributed by atoms with Crippen molar-refractivity contribution in [3.05, 3.63) is 65.2 Å². The van der Waals surface area contributed by atoms with Crippen LogP contribution in [-0.4, -0.2) is 23.3 Å². The summed E-state index contributed by atoms with van der Waals surface area (Å²) < 4.78 is 0. The number of benzene rings is 2. The van der Waals surface area contributed by atoms with E-state index in [4.69, 9.17) is 0 Å². The fourth-order valence-electron chi connectivity index (χ4n) is 3.44. The van der Waals surface area contributed by atoms with Gasteiger partial charge < -0.3 is 10.2 Å². The quantitative estimate of drug-likeness (QED) is 0.684. The number of hydrogen-bond donors (Lipinski definition) is 1. The van der Waals surface area contributed by atoms with Crippen LogP contribution in [0, 0.1) is 0 Å². The standard InChI is InChI=1S/C23H28N2O2/c1-2-3-4-7-18-11-13-21(14-12-18)24-23(27)20-9-5-8-19(16-20)17-25-15-6-10-22(25)26/h5,8-9,11-14,16H,2-4,6-7,10,15,17H2,1H3,(H,24,27). The molecule has 0 spiro atoms. The molecule has 0 aliphatic carbocycles. The first-order valence-corrected chi connectivity index (χ1v) is 9.92. The lowest BCUT2D eigenvalue weighted by Gasteiger charge is -2.16. The van der Waals surface area contributed by atoms with Crippen LogP contribution in [0.25, 0.3) is 0 Å². The Labute approximate surface area is 161 Å². The molecular weight excluding hydrogens is 336 g/mol. The summed E-state index contributed by atoms with van der Waals surface area (Å²) >= 11 is 0. The lowest BCUT2D eigenvalue weighted by molar-refractivity contribution is -0.128. The summed E-state index contributed by atoms with van der Waals surface area (Å²) in [5, 5.41) is 2.96. The summed E-state index contributed by atoms with van der Waals surface area (Å²) in [5.41, 5.74) is 3.72. The summed E-state index contributed by atoms with van der Waals surface area (Å²) in [6.45, 7) is 3.59. The maximum Gasteiger partial charge on any atom is 0.255 e. The van der Waals surface area contributed by atoms with E-state index in [1.54, 1.807) is 0 Å². The van der Waals surface area contributed by atoms with Gasteiger partial charge in [-0.3, -0.25) is 9.59 Å². The summed E-state index contributed by atoms with van der Waals surface area (Å²) in [6.07, 6.45) is 6.31. The van der Waals surface area contributed by atoms with Gasteiger partial charge in [0, 0.05) is 30.8 Å². The highest BCUT2D eigenvalue weighted by molar-refractivity contribution is 6.04. The highest BCUT2D eigenvalue weighted by Gasteiger charge is 2.20. The van der Waals surface area contributed by atoms with Gasteiger partial charge in [-0.25, -0.2) is 0 Å². The Balaban J connectivity index is 1.59. The largest absolute Gasteiger partial charge is 0.338 e. The van der Waals surface area contributed by atoms with Crippen molar-refractivity contribution >= 4 is 17.5 Å². The van der Waals surface area contributed by atoms with Crippen molar-refractivity contribution in [3.63, 3.8) is 0 Å². The SMILES string of the molecule is CCCCCc1ccc(NC(=O)c2cccc(CN3CCCC3=O)c2)cc1. The molecular formula is C23H28N2O2. The van der Waals surface area contributed by atoms with Gasteiger partial charge in [0.2, 0.25) is 5.91 Å². The third-order valence-corrected chi connectivity index (χ3v) is 5.01. The van der Waals surface area contributed by atoms with E-state index >= 15 is 0 Å². The van der Waals surface area contributed by atoms with Gasteiger partial charge in [-0.2, -0.15) is 0 Å². The Morgan fingerprint density at radius 1 is 1.07 bits per heavy atom. The van der Waals surface area contributed by atoms with Crippen LogP contribution in [0.15, 0.2) is 48.5 Å². The van der Waals surface area contributed by atoms with Crippen molar-refractivity contribution in [1.82, 2.24) is 4.90 Å². The molecule has 2 aromatic rings. The molecule has 4 nitrogen and oxygen atoms in total. The van der Waals surface area contributed by atoms with Crippen LogP contribution in [0.3, 0.4) is 0 Å². The fourth-order valence-corrected chi connectivity index (χ4v) is 3.44. The van der Waals surface area contributed by atoms with Crippen LogP contribution in [0.2, 0.25) is 0 Å². The average Bonchev–Trinajstić information content (AvgIpc) is 3.08. The first-order valence-electron chi connectivity index (χ1n) is 9.92. The zero-order chi connectivity index (χ0) is 19.1. The second-order valence-corrected chi connectivity index (χ2v) is 7.23. The Kier molecular flexibility index (Phi) is 6.64. The molecule has 1 heterocycles. The molecule has 27 heavy (non-hydrogen) atoms. The van der Waals surface area contributed by atoms with Crippen molar-refractivity contribution in [2.24, 2.45) is 0 Å². The summed E-state index contributed by atoms with van der Waals surface area (Å²) in [4.78, 5) is 26.2. The lowest BCUT2D eigenvalue weighted by Crippen LogP contribution is -2.24. The molecule has 142 valence electrons. The van der Waals surface area contributed by atoms with Gasteiger partial charge in [-0.15, -0.1) is 0 Å². The van der Waals surface area contributed by atoms with Crippen LogP contribution >= 0.6 is 0 Å². The van der Waals surface area contributed by atoms with Crippen LogP contribution < -0.4 is 5.32 Å². The van der Waals surface area contributed by atoms with Gasteiger partial charge in [0.05, 0.1) is 0 Å². The van der Waals surface area contributed by atoms with Crippen LogP contribution in [-0.2, 0) is 17.8 Å². The average molecular weight is 364 g/mol. The minimum atomic E-state index is -0.122. The molecule has 0 aromatic heterocycles. The third kappa shape index (κ3) is 5.43. The maximum absolute atomic E-state index is 12.6. The molecule has 1 saturated heterocycles. The van der Waals surface area contributed by atoms with E-state index < -0.39 is 0 Å². The Bertz CT molecular complexity index is 783. The van der Waals surface area contributed by atoms with E-state index in [9.17, 15) is 9.59 Å². The number of nitrogens with one attached hydrogen (secondary N) is 1. The maximum atomic E-state index is 12.6. The molecule has 0 saturated carbocycles. The van der Waals surface area contributed by atoms with E-state index in [0.717, 1.165) is 30.6 Å². The van der Waals surface area contributed by atoms with Crippen molar-refractivity contribution in [2.75, 3.05) is 11.9 Å². The first-order chi connectivity index (χ1) is 13.2. The molecule has 1 aliphatic heterocycles. The molecule has 1 fully saturated rings. The second kappa shape index (κ2) is 9.36. The van der Waals surface area contributed by atoms with Crippen LogP contribution in [0.1, 0.15) is 60.5 Å². The van der Waals surface area contributed by atoms with Gasteiger partial charge >= 0.3 is 0 Å². The number of hydrogen-bond acceptors (Lipinski definition) is 2. The highest BCUT2D eigenvalue weighted by Crippen LogP contribution is 2.17. The highest BCUT2D eigenvalue weighted by atomic mass is 16.2. The van der Waals surface area contributed by atoms with Gasteiger partial charge in [-0.1, -0.05) is 44.0 Å².